The van der Waals surface area contributed by atoms with Crippen LogP contribution in [0.5, 0.6) is 0 Å². The number of anilines is 2. The minimum atomic E-state index is -0.354. The molecule has 0 aliphatic rings. The number of hydrogen-bond donors (Lipinski definition) is 1. The first kappa shape index (κ1) is 12.5. The molecule has 100 valence electrons. The van der Waals surface area contributed by atoms with Crippen molar-refractivity contribution >= 4 is 22.3 Å². The molecule has 0 spiro atoms. The molecule has 0 unspecified atom stereocenters. The zero-order valence-electron chi connectivity index (χ0n) is 10.9. The zero-order chi connectivity index (χ0) is 13.8. The van der Waals surface area contributed by atoms with Crippen LogP contribution >= 0.6 is 0 Å². The van der Waals surface area contributed by atoms with Gasteiger partial charge in [0, 0.05) is 36.1 Å². The average Bonchev–Trinajstić information content (AvgIpc) is 2.49. The number of fused-ring (bicyclic) bond motifs is 1. The second kappa shape index (κ2) is 5.65. The number of pyridine rings is 2. The Labute approximate surface area is 116 Å². The van der Waals surface area contributed by atoms with Crippen molar-refractivity contribution in [2.45, 2.75) is 6.42 Å². The molecule has 0 atom stereocenters. The molecule has 0 amide bonds. The fraction of sp³-hybridized carbons (Fsp3) is 0.125. The largest absolute Gasteiger partial charge is 0.340 e. The van der Waals surface area contributed by atoms with E-state index < -0.39 is 0 Å². The van der Waals surface area contributed by atoms with Crippen LogP contribution < -0.4 is 5.32 Å². The SMILES string of the molecule is FCCc1ccc(Nc2ccc3cnccc3c2)nc1. The third-order valence-corrected chi connectivity index (χ3v) is 3.12. The number of alkyl halides is 1. The van der Waals surface area contributed by atoms with Crippen molar-refractivity contribution in [3.63, 3.8) is 0 Å². The first-order valence-corrected chi connectivity index (χ1v) is 6.47. The molecule has 0 saturated carbocycles. The lowest BCUT2D eigenvalue weighted by atomic mass is 10.1. The summed E-state index contributed by atoms with van der Waals surface area (Å²) in [5, 5.41) is 5.47. The van der Waals surface area contributed by atoms with Crippen LogP contribution in [0.1, 0.15) is 5.56 Å². The first-order chi connectivity index (χ1) is 9.85. The lowest BCUT2D eigenvalue weighted by molar-refractivity contribution is 0.495. The smallest absolute Gasteiger partial charge is 0.130 e. The van der Waals surface area contributed by atoms with E-state index in [0.29, 0.717) is 6.42 Å². The van der Waals surface area contributed by atoms with Gasteiger partial charge in [0.25, 0.3) is 0 Å². The molecule has 0 saturated heterocycles. The quantitative estimate of drug-likeness (QED) is 0.779. The Balaban J connectivity index is 1.81. The van der Waals surface area contributed by atoms with Gasteiger partial charge in [-0.05, 0) is 35.2 Å². The summed E-state index contributed by atoms with van der Waals surface area (Å²) in [6, 6.07) is 11.8. The summed E-state index contributed by atoms with van der Waals surface area (Å²) in [6.45, 7) is -0.354. The summed E-state index contributed by atoms with van der Waals surface area (Å²) in [5.41, 5.74) is 1.87. The highest BCUT2D eigenvalue weighted by Crippen LogP contribution is 2.20. The van der Waals surface area contributed by atoms with Crippen LogP contribution in [-0.4, -0.2) is 16.6 Å². The second-order valence-electron chi connectivity index (χ2n) is 4.55. The van der Waals surface area contributed by atoms with E-state index in [1.165, 1.54) is 0 Å². The van der Waals surface area contributed by atoms with Crippen LogP contribution in [-0.2, 0) is 6.42 Å². The topological polar surface area (TPSA) is 37.8 Å². The number of aryl methyl sites for hydroxylation is 1. The lowest BCUT2D eigenvalue weighted by Crippen LogP contribution is -1.95. The van der Waals surface area contributed by atoms with Gasteiger partial charge in [-0.1, -0.05) is 12.1 Å². The minimum Gasteiger partial charge on any atom is -0.340 e. The highest BCUT2D eigenvalue weighted by atomic mass is 19.1. The molecule has 0 fully saturated rings. The molecule has 20 heavy (non-hydrogen) atoms. The Bertz CT molecular complexity index is 710. The van der Waals surface area contributed by atoms with Gasteiger partial charge in [-0.2, -0.15) is 0 Å². The summed E-state index contributed by atoms with van der Waals surface area (Å²) < 4.78 is 12.2. The van der Waals surface area contributed by atoms with Crippen molar-refractivity contribution in [3.8, 4) is 0 Å². The standard InChI is InChI=1S/C16H14FN3/c17-7-5-12-1-4-16(19-10-12)20-15-3-2-14-11-18-8-6-13(14)9-15/h1-4,6,8-11H,5,7H2,(H,19,20). The number of nitrogens with one attached hydrogen (secondary N) is 1. The fourth-order valence-electron chi connectivity index (χ4n) is 2.06. The van der Waals surface area contributed by atoms with Gasteiger partial charge in [0.15, 0.2) is 0 Å². The van der Waals surface area contributed by atoms with E-state index in [1.54, 1.807) is 12.4 Å². The van der Waals surface area contributed by atoms with E-state index in [1.807, 2.05) is 42.6 Å². The normalized spacial score (nSPS) is 10.7. The van der Waals surface area contributed by atoms with Gasteiger partial charge in [-0.25, -0.2) is 4.98 Å². The number of nitrogens with zero attached hydrogens (tertiary/aromatic N) is 2. The second-order valence-corrected chi connectivity index (χ2v) is 4.55. The number of halogens is 1. The van der Waals surface area contributed by atoms with E-state index in [0.717, 1.165) is 27.8 Å². The summed E-state index contributed by atoms with van der Waals surface area (Å²) in [7, 11) is 0. The predicted octanol–water partition coefficient (Wildman–Crippen LogP) is 3.89. The Morgan fingerprint density at radius 1 is 1.00 bits per heavy atom. The third-order valence-electron chi connectivity index (χ3n) is 3.12. The average molecular weight is 267 g/mol. The predicted molar refractivity (Wildman–Crippen MR) is 78.9 cm³/mol. The lowest BCUT2D eigenvalue weighted by Gasteiger charge is -2.07. The molecule has 2 aromatic heterocycles. The van der Waals surface area contributed by atoms with Crippen LogP contribution in [0.2, 0.25) is 0 Å². The molecule has 0 aliphatic carbocycles. The van der Waals surface area contributed by atoms with E-state index in [2.05, 4.69) is 15.3 Å². The van der Waals surface area contributed by atoms with Gasteiger partial charge >= 0.3 is 0 Å². The van der Waals surface area contributed by atoms with Gasteiger partial charge in [0.1, 0.15) is 5.82 Å². The number of rotatable bonds is 4. The Morgan fingerprint density at radius 2 is 1.95 bits per heavy atom. The van der Waals surface area contributed by atoms with Gasteiger partial charge in [0.05, 0.1) is 6.67 Å². The molecular formula is C16H14FN3. The molecule has 1 N–H and O–H groups in total. The highest BCUT2D eigenvalue weighted by Gasteiger charge is 1.99. The third kappa shape index (κ3) is 2.74. The Morgan fingerprint density at radius 3 is 2.75 bits per heavy atom. The summed E-state index contributed by atoms with van der Waals surface area (Å²) in [5.74, 6) is 0.751. The van der Waals surface area contributed by atoms with E-state index in [-0.39, 0.29) is 6.67 Å². The molecule has 0 aliphatic heterocycles. The fourth-order valence-corrected chi connectivity index (χ4v) is 2.06. The summed E-state index contributed by atoms with van der Waals surface area (Å²) in [4.78, 5) is 8.37. The Kier molecular flexibility index (Phi) is 3.54. The van der Waals surface area contributed by atoms with Crippen LogP contribution in [0.15, 0.2) is 55.0 Å². The maximum atomic E-state index is 12.2. The van der Waals surface area contributed by atoms with Crippen LogP contribution in [0.4, 0.5) is 15.9 Å². The van der Waals surface area contributed by atoms with Crippen molar-refractivity contribution in [2.24, 2.45) is 0 Å². The van der Waals surface area contributed by atoms with Gasteiger partial charge < -0.3 is 5.32 Å². The molecule has 0 radical (unpaired) electrons. The molecule has 0 bridgehead atoms. The Hall–Kier alpha value is -2.49. The van der Waals surface area contributed by atoms with Crippen LogP contribution in [0.25, 0.3) is 10.8 Å². The molecule has 2 heterocycles. The van der Waals surface area contributed by atoms with Gasteiger partial charge in [-0.15, -0.1) is 0 Å². The summed E-state index contributed by atoms with van der Waals surface area (Å²) >= 11 is 0. The highest BCUT2D eigenvalue weighted by molar-refractivity contribution is 5.85. The molecular weight excluding hydrogens is 253 g/mol. The number of benzene rings is 1. The van der Waals surface area contributed by atoms with E-state index >= 15 is 0 Å². The first-order valence-electron chi connectivity index (χ1n) is 6.47. The molecule has 3 nitrogen and oxygen atoms in total. The van der Waals surface area contributed by atoms with Crippen molar-refractivity contribution in [3.05, 3.63) is 60.6 Å². The molecule has 4 heteroatoms. The van der Waals surface area contributed by atoms with Crippen molar-refractivity contribution in [1.82, 2.24) is 9.97 Å². The van der Waals surface area contributed by atoms with Crippen molar-refractivity contribution in [1.29, 1.82) is 0 Å². The van der Waals surface area contributed by atoms with E-state index in [9.17, 15) is 4.39 Å². The number of aromatic nitrogens is 2. The van der Waals surface area contributed by atoms with Crippen molar-refractivity contribution in [2.75, 3.05) is 12.0 Å². The van der Waals surface area contributed by atoms with Crippen LogP contribution in [0.3, 0.4) is 0 Å². The van der Waals surface area contributed by atoms with Gasteiger partial charge in [0.2, 0.25) is 0 Å². The maximum Gasteiger partial charge on any atom is 0.130 e. The monoisotopic (exact) mass is 267 g/mol. The molecule has 1 aromatic carbocycles. The van der Waals surface area contributed by atoms with Gasteiger partial charge in [-0.3, -0.25) is 9.37 Å². The molecule has 3 rings (SSSR count). The zero-order valence-corrected chi connectivity index (χ0v) is 10.9. The maximum absolute atomic E-state index is 12.2. The molecule has 3 aromatic rings. The minimum absolute atomic E-state index is 0.354. The van der Waals surface area contributed by atoms with Crippen LogP contribution in [0, 0.1) is 0 Å². The summed E-state index contributed by atoms with van der Waals surface area (Å²) in [6.07, 6.45) is 5.72. The van der Waals surface area contributed by atoms with Crippen molar-refractivity contribution < 1.29 is 4.39 Å². The number of hydrogen-bond acceptors (Lipinski definition) is 3. The van der Waals surface area contributed by atoms with E-state index in [4.69, 9.17) is 0 Å².